The second-order valence-corrected chi connectivity index (χ2v) is 12.1. The number of benzene rings is 2. The van der Waals surface area contributed by atoms with Gasteiger partial charge in [-0.3, -0.25) is 18.9 Å². The van der Waals surface area contributed by atoms with E-state index in [1.165, 1.54) is 28.3 Å². The minimum Gasteiger partial charge on any atom is -0.497 e. The fraction of sp³-hybridized carbons (Fsp3) is 0.250. The number of aryl methyl sites for hydroxylation is 1. The number of pyridine rings is 1. The molecule has 0 bridgehead atoms. The zero-order valence-corrected chi connectivity index (χ0v) is 25.5. The van der Waals surface area contributed by atoms with E-state index in [4.69, 9.17) is 21.9 Å². The molecular weight excluding hydrogens is 586 g/mol. The molecule has 2 saturated heterocycles. The van der Waals surface area contributed by atoms with Crippen molar-refractivity contribution < 1.29 is 13.9 Å². The maximum atomic E-state index is 13.9. The summed E-state index contributed by atoms with van der Waals surface area (Å²) >= 11 is 6.79. The van der Waals surface area contributed by atoms with Crippen LogP contribution in [0.2, 0.25) is 0 Å². The van der Waals surface area contributed by atoms with E-state index in [-0.39, 0.29) is 17.3 Å². The minimum absolute atomic E-state index is 0.218. The van der Waals surface area contributed by atoms with Gasteiger partial charge in [0.2, 0.25) is 0 Å². The van der Waals surface area contributed by atoms with Gasteiger partial charge < -0.3 is 14.5 Å². The highest BCUT2D eigenvalue weighted by molar-refractivity contribution is 8.26. The van der Waals surface area contributed by atoms with Gasteiger partial charge in [0.25, 0.3) is 11.5 Å². The highest BCUT2D eigenvalue weighted by atomic mass is 32.2. The van der Waals surface area contributed by atoms with Crippen molar-refractivity contribution >= 4 is 57.4 Å². The number of fused-ring (bicyclic) bond motifs is 1. The lowest BCUT2D eigenvalue weighted by molar-refractivity contribution is -0.122. The second kappa shape index (κ2) is 12.2. The molecule has 2 aliphatic heterocycles. The number of methoxy groups -OCH3 is 1. The topological polar surface area (TPSA) is 70.4 Å². The van der Waals surface area contributed by atoms with Gasteiger partial charge in [0.15, 0.2) is 0 Å². The normalized spacial score (nSPS) is 16.5. The van der Waals surface area contributed by atoms with Gasteiger partial charge >= 0.3 is 0 Å². The number of carbonyl (C=O) groups excluding carboxylic acids is 1. The summed E-state index contributed by atoms with van der Waals surface area (Å²) < 4.78 is 20.7. The number of hydrogen-bond donors (Lipinski definition) is 0. The fourth-order valence-electron chi connectivity index (χ4n) is 5.35. The summed E-state index contributed by atoms with van der Waals surface area (Å²) in [5, 5.41) is 0. The van der Waals surface area contributed by atoms with E-state index in [0.29, 0.717) is 65.4 Å². The number of nitrogens with zero attached hydrogens (tertiary/aromatic N) is 5. The molecule has 2 aromatic carbocycles. The average molecular weight is 616 g/mol. The Balaban J connectivity index is 1.29. The third-order valence-electron chi connectivity index (χ3n) is 7.77. The number of thiocarbonyl (C=S) groups is 1. The second-order valence-electron chi connectivity index (χ2n) is 10.4. The van der Waals surface area contributed by atoms with Gasteiger partial charge in [-0.2, -0.15) is 0 Å². The van der Waals surface area contributed by atoms with Gasteiger partial charge in [0.1, 0.15) is 27.4 Å². The lowest BCUT2D eigenvalue weighted by Gasteiger charge is -2.37. The molecule has 2 aromatic heterocycles. The van der Waals surface area contributed by atoms with Crippen LogP contribution in [-0.4, -0.2) is 64.3 Å². The number of anilines is 2. The van der Waals surface area contributed by atoms with E-state index >= 15 is 0 Å². The number of rotatable bonds is 7. The molecule has 1 amide bonds. The lowest BCUT2D eigenvalue weighted by Crippen LogP contribution is -2.47. The van der Waals surface area contributed by atoms with Crippen LogP contribution in [-0.2, 0) is 11.2 Å². The van der Waals surface area contributed by atoms with Gasteiger partial charge in [0.05, 0.1) is 17.6 Å². The molecule has 0 atom stereocenters. The Hall–Kier alpha value is -4.22. The molecule has 0 spiro atoms. The van der Waals surface area contributed by atoms with Crippen molar-refractivity contribution in [1.29, 1.82) is 0 Å². The van der Waals surface area contributed by atoms with Crippen molar-refractivity contribution in [3.8, 4) is 5.75 Å². The first kappa shape index (κ1) is 28.9. The molecule has 11 heteroatoms. The Morgan fingerprint density at radius 3 is 2.40 bits per heavy atom. The van der Waals surface area contributed by atoms with Crippen LogP contribution in [0, 0.1) is 12.7 Å². The van der Waals surface area contributed by atoms with Gasteiger partial charge in [0, 0.05) is 44.6 Å². The number of thioether (sulfide) groups is 1. The maximum absolute atomic E-state index is 13.9. The molecule has 0 unspecified atom stereocenters. The average Bonchev–Trinajstić information content (AvgIpc) is 3.29. The smallest absolute Gasteiger partial charge is 0.267 e. The highest BCUT2D eigenvalue weighted by Gasteiger charge is 2.33. The van der Waals surface area contributed by atoms with Crippen molar-refractivity contribution in [2.24, 2.45) is 0 Å². The van der Waals surface area contributed by atoms with Crippen molar-refractivity contribution in [2.45, 2.75) is 13.3 Å². The number of ether oxygens (including phenoxy) is 1. The molecule has 0 N–H and O–H groups in total. The molecule has 220 valence electrons. The van der Waals surface area contributed by atoms with Crippen molar-refractivity contribution in [3.63, 3.8) is 0 Å². The van der Waals surface area contributed by atoms with E-state index in [1.807, 2.05) is 43.3 Å². The first-order chi connectivity index (χ1) is 20.8. The third kappa shape index (κ3) is 5.87. The zero-order chi connectivity index (χ0) is 30.1. The summed E-state index contributed by atoms with van der Waals surface area (Å²) in [6, 6.07) is 17.9. The van der Waals surface area contributed by atoms with Gasteiger partial charge in [-0.05, 0) is 73.0 Å². The SMILES string of the molecule is COc1ccc(CCN2C(=O)C(=Cc3c(N4CCN(c5ccc(F)cc5)CC4)nc4c(C)cccn4c3=O)SC2=S)cc1. The summed E-state index contributed by atoms with van der Waals surface area (Å²) in [7, 11) is 1.62. The van der Waals surface area contributed by atoms with Crippen molar-refractivity contribution in [3.05, 3.63) is 105 Å². The molecule has 4 heterocycles. The largest absolute Gasteiger partial charge is 0.497 e. The number of carbonyl (C=O) groups is 1. The van der Waals surface area contributed by atoms with E-state index < -0.39 is 0 Å². The first-order valence-corrected chi connectivity index (χ1v) is 15.2. The molecule has 6 rings (SSSR count). The monoisotopic (exact) mass is 615 g/mol. The Bertz CT molecular complexity index is 1780. The summed E-state index contributed by atoms with van der Waals surface area (Å²) in [5.74, 6) is 0.829. The van der Waals surface area contributed by atoms with Crippen LogP contribution in [0.15, 0.2) is 76.6 Å². The number of hydrogen-bond acceptors (Lipinski definition) is 8. The number of halogens is 1. The molecule has 4 aromatic rings. The number of aromatic nitrogens is 2. The summed E-state index contributed by atoms with van der Waals surface area (Å²) in [4.78, 5) is 38.7. The predicted octanol–water partition coefficient (Wildman–Crippen LogP) is 4.92. The van der Waals surface area contributed by atoms with Crippen LogP contribution in [0.5, 0.6) is 5.75 Å². The fourth-order valence-corrected chi connectivity index (χ4v) is 6.64. The Morgan fingerprint density at radius 1 is 1.00 bits per heavy atom. The third-order valence-corrected chi connectivity index (χ3v) is 9.15. The molecular formula is C32H30FN5O3S2. The van der Waals surface area contributed by atoms with E-state index in [2.05, 4.69) is 9.80 Å². The van der Waals surface area contributed by atoms with Crippen LogP contribution in [0.4, 0.5) is 15.9 Å². The molecule has 0 aliphatic carbocycles. The van der Waals surface area contributed by atoms with Crippen LogP contribution >= 0.6 is 24.0 Å². The number of piperazine rings is 1. The maximum Gasteiger partial charge on any atom is 0.267 e. The number of amides is 1. The standard InChI is InChI=1S/C32H30FN5O3S2/c1-21-4-3-14-37-28(21)34-29(36-18-16-35(17-19-36)24-9-7-23(33)8-10-24)26(30(37)39)20-27-31(40)38(32(42)43-27)15-13-22-5-11-25(41-2)12-6-22/h3-12,14,20H,13,15-19H2,1-2H3. The van der Waals surface area contributed by atoms with Crippen LogP contribution in [0.25, 0.3) is 11.7 Å². The van der Waals surface area contributed by atoms with Crippen LogP contribution < -0.4 is 20.1 Å². The molecule has 2 aliphatic rings. The Kier molecular flexibility index (Phi) is 8.18. The van der Waals surface area contributed by atoms with Crippen molar-refractivity contribution in [1.82, 2.24) is 14.3 Å². The van der Waals surface area contributed by atoms with E-state index in [1.54, 1.807) is 36.4 Å². The van der Waals surface area contributed by atoms with Gasteiger partial charge in [-0.15, -0.1) is 0 Å². The molecule has 0 saturated carbocycles. The summed E-state index contributed by atoms with van der Waals surface area (Å²) in [6.07, 6.45) is 3.98. The van der Waals surface area contributed by atoms with Crippen LogP contribution in [0.1, 0.15) is 16.7 Å². The highest BCUT2D eigenvalue weighted by Crippen LogP contribution is 2.34. The summed E-state index contributed by atoms with van der Waals surface area (Å²) in [5.41, 5.74) is 3.58. The van der Waals surface area contributed by atoms with E-state index in [0.717, 1.165) is 22.6 Å². The Morgan fingerprint density at radius 2 is 1.70 bits per heavy atom. The quantitative estimate of drug-likeness (QED) is 0.214. The molecule has 0 radical (unpaired) electrons. The lowest BCUT2D eigenvalue weighted by atomic mass is 10.1. The van der Waals surface area contributed by atoms with Crippen molar-refractivity contribution in [2.75, 3.05) is 49.6 Å². The molecule has 2 fully saturated rings. The zero-order valence-electron chi connectivity index (χ0n) is 23.8. The molecule has 8 nitrogen and oxygen atoms in total. The predicted molar refractivity (Wildman–Crippen MR) is 174 cm³/mol. The van der Waals surface area contributed by atoms with Gasteiger partial charge in [-0.25, -0.2) is 9.37 Å². The first-order valence-electron chi connectivity index (χ1n) is 14.0. The van der Waals surface area contributed by atoms with E-state index in [9.17, 15) is 14.0 Å². The van der Waals surface area contributed by atoms with Gasteiger partial charge in [-0.1, -0.05) is 42.2 Å². The molecule has 43 heavy (non-hydrogen) atoms. The Labute approximate surface area is 258 Å². The minimum atomic E-state index is -0.269. The summed E-state index contributed by atoms with van der Waals surface area (Å²) in [6.45, 7) is 4.91. The van der Waals surface area contributed by atoms with Crippen LogP contribution in [0.3, 0.4) is 0 Å².